The lowest BCUT2D eigenvalue weighted by molar-refractivity contribution is -0.143. The molecule has 2 N–H and O–H groups in total. The fourth-order valence-electron chi connectivity index (χ4n) is 2.57. The van der Waals surface area contributed by atoms with Crippen LogP contribution in [-0.2, 0) is 19.6 Å². The molecule has 1 aromatic rings. The van der Waals surface area contributed by atoms with E-state index in [4.69, 9.17) is 9.88 Å². The highest BCUT2D eigenvalue weighted by Gasteiger charge is 2.63. The molecule has 0 aliphatic heterocycles. The zero-order valence-corrected chi connectivity index (χ0v) is 11.8. The molecule has 0 amide bonds. The van der Waals surface area contributed by atoms with Crippen molar-refractivity contribution >= 4 is 16.0 Å². The lowest BCUT2D eigenvalue weighted by atomic mass is 10.1. The highest BCUT2D eigenvalue weighted by Crippen LogP contribution is 2.64. The predicted octanol–water partition coefficient (Wildman–Crippen LogP) is 0.642. The van der Waals surface area contributed by atoms with Gasteiger partial charge in [-0.25, -0.2) is 18.5 Å². The van der Waals surface area contributed by atoms with Crippen molar-refractivity contribution < 1.29 is 17.9 Å². The van der Waals surface area contributed by atoms with Gasteiger partial charge in [-0.05, 0) is 17.0 Å². The first-order valence-electron chi connectivity index (χ1n) is 5.76. The summed E-state index contributed by atoms with van der Waals surface area (Å²) in [7, 11) is -2.43. The van der Waals surface area contributed by atoms with Crippen molar-refractivity contribution in [3.8, 4) is 0 Å². The number of carbonyl (C=O) groups excluding carboxylic acids is 1. The molecule has 1 heterocycles. The van der Waals surface area contributed by atoms with Gasteiger partial charge in [0.25, 0.3) is 10.0 Å². The molecule has 7 heteroatoms. The Morgan fingerprint density at radius 2 is 2.05 bits per heavy atom. The number of aromatic nitrogens is 1. The van der Waals surface area contributed by atoms with Crippen molar-refractivity contribution in [1.29, 1.82) is 0 Å². The molecule has 1 aliphatic rings. The normalized spacial score (nSPS) is 24.8. The molecule has 6 nitrogen and oxygen atoms in total. The van der Waals surface area contributed by atoms with Crippen LogP contribution in [0, 0.1) is 11.3 Å². The Hall–Kier alpha value is -1.47. The van der Waals surface area contributed by atoms with Crippen LogP contribution in [0.5, 0.6) is 0 Å². The van der Waals surface area contributed by atoms with Crippen LogP contribution in [0.25, 0.3) is 0 Å². The van der Waals surface area contributed by atoms with Crippen molar-refractivity contribution in [2.75, 3.05) is 7.11 Å². The molecule has 0 bridgehead atoms. The van der Waals surface area contributed by atoms with Crippen molar-refractivity contribution in [3.05, 3.63) is 23.9 Å². The Bertz CT molecular complexity index is 607. The zero-order valence-electron chi connectivity index (χ0n) is 11.0. The van der Waals surface area contributed by atoms with E-state index in [9.17, 15) is 13.2 Å². The van der Waals surface area contributed by atoms with Crippen LogP contribution in [0.3, 0.4) is 0 Å². The molecule has 2 atom stereocenters. The Morgan fingerprint density at radius 3 is 2.47 bits per heavy atom. The Balaban J connectivity index is 2.28. The first-order chi connectivity index (χ1) is 8.69. The summed E-state index contributed by atoms with van der Waals surface area (Å²) in [4.78, 5) is 15.5. The molecule has 1 aliphatic carbocycles. The van der Waals surface area contributed by atoms with Gasteiger partial charge >= 0.3 is 5.97 Å². The lowest BCUT2D eigenvalue weighted by Crippen LogP contribution is -2.13. The van der Waals surface area contributed by atoms with Gasteiger partial charge in [0.1, 0.15) is 0 Å². The Morgan fingerprint density at radius 1 is 1.42 bits per heavy atom. The quantitative estimate of drug-likeness (QED) is 0.821. The van der Waals surface area contributed by atoms with Crippen LogP contribution in [0.1, 0.15) is 25.3 Å². The van der Waals surface area contributed by atoms with Gasteiger partial charge in [0.2, 0.25) is 0 Å². The van der Waals surface area contributed by atoms with Gasteiger partial charge in [-0.2, -0.15) is 0 Å². The molecule has 1 saturated carbocycles. The summed E-state index contributed by atoms with van der Waals surface area (Å²) >= 11 is 0. The molecule has 0 radical (unpaired) electrons. The van der Waals surface area contributed by atoms with E-state index in [-0.39, 0.29) is 28.2 Å². The van der Waals surface area contributed by atoms with E-state index in [0.29, 0.717) is 0 Å². The SMILES string of the molecule is COC(=O)[C@H]1[C@H](c2ccc(S(N)(=O)=O)nc2)C1(C)C. The number of pyridine rings is 1. The van der Waals surface area contributed by atoms with E-state index in [1.165, 1.54) is 19.4 Å². The second-order valence-corrected chi connectivity index (χ2v) is 6.78. The number of sulfonamides is 1. The molecule has 0 aromatic carbocycles. The van der Waals surface area contributed by atoms with Gasteiger partial charge in [-0.15, -0.1) is 0 Å². The van der Waals surface area contributed by atoms with Crippen LogP contribution in [-0.4, -0.2) is 26.5 Å². The minimum Gasteiger partial charge on any atom is -0.469 e. The van der Waals surface area contributed by atoms with Gasteiger partial charge in [-0.1, -0.05) is 19.9 Å². The molecule has 104 valence electrons. The summed E-state index contributed by atoms with van der Waals surface area (Å²) in [6, 6.07) is 3.00. The second-order valence-electron chi connectivity index (χ2n) is 5.27. The topological polar surface area (TPSA) is 99.4 Å². The summed E-state index contributed by atoms with van der Waals surface area (Å²) in [6.45, 7) is 3.93. The van der Waals surface area contributed by atoms with Crippen molar-refractivity contribution in [2.24, 2.45) is 16.5 Å². The minimum atomic E-state index is -3.79. The van der Waals surface area contributed by atoms with Crippen LogP contribution >= 0.6 is 0 Å². The molecule has 0 spiro atoms. The number of hydrogen-bond acceptors (Lipinski definition) is 5. The Kier molecular flexibility index (Phi) is 3.14. The third kappa shape index (κ3) is 2.35. The maximum atomic E-state index is 11.6. The third-order valence-electron chi connectivity index (χ3n) is 3.69. The van der Waals surface area contributed by atoms with Crippen LogP contribution < -0.4 is 5.14 Å². The first-order valence-corrected chi connectivity index (χ1v) is 7.31. The maximum Gasteiger partial charge on any atom is 0.309 e. The predicted molar refractivity (Wildman–Crippen MR) is 67.6 cm³/mol. The highest BCUT2D eigenvalue weighted by molar-refractivity contribution is 7.89. The number of carbonyl (C=O) groups is 1. The first kappa shape index (κ1) is 14.0. The van der Waals surface area contributed by atoms with Gasteiger partial charge in [0, 0.05) is 12.1 Å². The van der Waals surface area contributed by atoms with E-state index >= 15 is 0 Å². The fraction of sp³-hybridized carbons (Fsp3) is 0.500. The number of esters is 1. The number of ether oxygens (including phenoxy) is 1. The second kappa shape index (κ2) is 4.28. The molecule has 19 heavy (non-hydrogen) atoms. The smallest absolute Gasteiger partial charge is 0.309 e. The van der Waals surface area contributed by atoms with Gasteiger partial charge in [-0.3, -0.25) is 4.79 Å². The number of primary sulfonamides is 1. The standard InChI is InChI=1S/C12H16N2O4S/c1-12(2)9(10(12)11(15)18-3)7-4-5-8(14-6-7)19(13,16)17/h4-6,9-10H,1-3H3,(H2,13,16,17)/t9-,10+/m0/s1. The monoisotopic (exact) mass is 284 g/mol. The van der Waals surface area contributed by atoms with Crippen LogP contribution in [0.4, 0.5) is 0 Å². The largest absolute Gasteiger partial charge is 0.469 e. The number of nitrogens with zero attached hydrogens (tertiary/aromatic N) is 1. The summed E-state index contributed by atoms with van der Waals surface area (Å²) in [6.07, 6.45) is 1.45. The minimum absolute atomic E-state index is 0.0121. The van der Waals surface area contributed by atoms with Crippen molar-refractivity contribution in [3.63, 3.8) is 0 Å². The van der Waals surface area contributed by atoms with Gasteiger partial charge in [0.05, 0.1) is 13.0 Å². The average molecular weight is 284 g/mol. The summed E-state index contributed by atoms with van der Waals surface area (Å²) < 4.78 is 27.0. The lowest BCUT2D eigenvalue weighted by Gasteiger charge is -2.03. The van der Waals surface area contributed by atoms with Crippen LogP contribution in [0.2, 0.25) is 0 Å². The van der Waals surface area contributed by atoms with Gasteiger partial charge in [0.15, 0.2) is 5.03 Å². The molecule has 0 unspecified atom stereocenters. The number of methoxy groups -OCH3 is 1. The molecular formula is C12H16N2O4S. The fourth-order valence-corrected chi connectivity index (χ4v) is 3.03. The summed E-state index contributed by atoms with van der Waals surface area (Å²) in [5.41, 5.74) is 0.602. The van der Waals surface area contributed by atoms with E-state index in [0.717, 1.165) is 5.56 Å². The third-order valence-corrected chi connectivity index (χ3v) is 4.52. The molecule has 1 aromatic heterocycles. The average Bonchev–Trinajstić information content (AvgIpc) is 2.90. The van der Waals surface area contributed by atoms with E-state index in [1.54, 1.807) is 6.07 Å². The van der Waals surface area contributed by atoms with E-state index in [2.05, 4.69) is 4.98 Å². The molecule has 0 saturated heterocycles. The van der Waals surface area contributed by atoms with Crippen molar-refractivity contribution in [1.82, 2.24) is 4.98 Å². The number of rotatable bonds is 3. The molecule has 1 fully saturated rings. The van der Waals surface area contributed by atoms with E-state index in [1.807, 2.05) is 13.8 Å². The number of nitrogens with two attached hydrogens (primary N) is 1. The number of hydrogen-bond donors (Lipinski definition) is 1. The molecular weight excluding hydrogens is 268 g/mol. The van der Waals surface area contributed by atoms with E-state index < -0.39 is 10.0 Å². The maximum absolute atomic E-state index is 11.6. The van der Waals surface area contributed by atoms with Crippen molar-refractivity contribution in [2.45, 2.75) is 24.8 Å². The highest BCUT2D eigenvalue weighted by atomic mass is 32.2. The zero-order chi connectivity index (χ0) is 14.4. The van der Waals surface area contributed by atoms with Gasteiger partial charge < -0.3 is 4.74 Å². The summed E-state index contributed by atoms with van der Waals surface area (Å²) in [5.74, 6) is -0.493. The molecule has 2 rings (SSSR count). The summed E-state index contributed by atoms with van der Waals surface area (Å²) in [5, 5.41) is 4.81. The Labute approximate surface area is 112 Å². The van der Waals surface area contributed by atoms with Crippen LogP contribution in [0.15, 0.2) is 23.4 Å².